The second kappa shape index (κ2) is 8.61. The Bertz CT molecular complexity index is 1100. The highest BCUT2D eigenvalue weighted by atomic mass is 35.5. The lowest BCUT2D eigenvalue weighted by atomic mass is 10.1. The Morgan fingerprint density at radius 1 is 1.17 bits per heavy atom. The second-order valence-electron chi connectivity index (χ2n) is 7.30. The molecule has 0 radical (unpaired) electrons. The van der Waals surface area contributed by atoms with E-state index in [0.29, 0.717) is 22.5 Å². The molecule has 0 aliphatic carbocycles. The fourth-order valence-electron chi connectivity index (χ4n) is 3.79. The number of rotatable bonds is 5. The van der Waals surface area contributed by atoms with Crippen LogP contribution in [-0.4, -0.2) is 54.3 Å². The predicted octanol–water partition coefficient (Wildman–Crippen LogP) is 3.19. The topological polar surface area (TPSA) is 76.0 Å². The third-order valence-electron chi connectivity index (χ3n) is 5.23. The quantitative estimate of drug-likeness (QED) is 0.676. The number of ether oxygens (including phenoxy) is 1. The Morgan fingerprint density at radius 3 is 2.60 bits per heavy atom. The van der Waals surface area contributed by atoms with Crippen LogP contribution in [0.4, 0.5) is 0 Å². The molecule has 2 fully saturated rings. The van der Waals surface area contributed by atoms with Crippen molar-refractivity contribution in [2.24, 2.45) is 4.99 Å². The third kappa shape index (κ3) is 4.50. The van der Waals surface area contributed by atoms with Crippen LogP contribution in [0.2, 0.25) is 5.02 Å². The molecule has 2 heterocycles. The molecule has 0 bridgehead atoms. The molecule has 158 valence electrons. The van der Waals surface area contributed by atoms with Crippen LogP contribution in [0.1, 0.15) is 11.1 Å². The van der Waals surface area contributed by atoms with Crippen molar-refractivity contribution in [1.82, 2.24) is 4.90 Å². The van der Waals surface area contributed by atoms with Crippen molar-refractivity contribution in [1.29, 1.82) is 0 Å². The van der Waals surface area contributed by atoms with Gasteiger partial charge in [-0.25, -0.2) is 8.42 Å². The molecule has 0 unspecified atom stereocenters. The molecule has 2 aliphatic heterocycles. The molecule has 4 rings (SSSR count). The van der Waals surface area contributed by atoms with Gasteiger partial charge in [0.25, 0.3) is 5.91 Å². The number of para-hydroxylation sites is 1. The van der Waals surface area contributed by atoms with Crippen LogP contribution >= 0.6 is 23.4 Å². The zero-order valence-electron chi connectivity index (χ0n) is 16.3. The van der Waals surface area contributed by atoms with E-state index in [1.54, 1.807) is 19.2 Å². The molecule has 0 N–H and O–H groups in total. The van der Waals surface area contributed by atoms with Crippen molar-refractivity contribution in [2.45, 2.75) is 24.3 Å². The first-order valence-corrected chi connectivity index (χ1v) is 12.5. The van der Waals surface area contributed by atoms with Crippen LogP contribution in [0.25, 0.3) is 0 Å². The molecule has 2 aliphatic rings. The van der Waals surface area contributed by atoms with Crippen LogP contribution < -0.4 is 4.74 Å². The monoisotopic (exact) mass is 464 g/mol. The molecule has 0 aromatic heterocycles. The van der Waals surface area contributed by atoms with E-state index in [1.807, 2.05) is 41.3 Å². The second-order valence-corrected chi connectivity index (χ2v) is 11.1. The summed E-state index contributed by atoms with van der Waals surface area (Å²) in [5.74, 6) is 0.505. The molecule has 9 heteroatoms. The molecule has 0 spiro atoms. The number of carbonyl (C=O) groups is 1. The van der Waals surface area contributed by atoms with Crippen LogP contribution in [0, 0.1) is 0 Å². The first kappa shape index (κ1) is 21.2. The third-order valence-corrected chi connectivity index (χ3v) is 8.84. The number of hydrogen-bond donors (Lipinski definition) is 0. The summed E-state index contributed by atoms with van der Waals surface area (Å²) in [6.07, 6.45) is 0.113. The Morgan fingerprint density at radius 2 is 1.87 bits per heavy atom. The van der Waals surface area contributed by atoms with Crippen molar-refractivity contribution >= 4 is 44.3 Å². The number of amidine groups is 1. The van der Waals surface area contributed by atoms with E-state index in [0.717, 1.165) is 11.1 Å². The van der Waals surface area contributed by atoms with Gasteiger partial charge in [0.15, 0.2) is 15.0 Å². The standard InChI is InChI=1S/C21H21ClN2O4S2/c1-28-18-9-5-3-6-14(18)10-20(25)23-21-24(11-15-7-2-4-8-16(15)22)17-12-30(26,27)13-19(17)29-21/h2-9,17,19H,10-13H2,1H3/t17-,19+/m0/s1. The lowest BCUT2D eigenvalue weighted by molar-refractivity contribution is -0.117. The van der Waals surface area contributed by atoms with Crippen molar-refractivity contribution in [2.75, 3.05) is 18.6 Å². The average Bonchev–Trinajstić information content (AvgIpc) is 3.15. The van der Waals surface area contributed by atoms with Gasteiger partial charge in [-0.15, -0.1) is 0 Å². The van der Waals surface area contributed by atoms with Gasteiger partial charge < -0.3 is 9.64 Å². The van der Waals surface area contributed by atoms with E-state index < -0.39 is 9.84 Å². The van der Waals surface area contributed by atoms with Gasteiger partial charge in [-0.3, -0.25) is 4.79 Å². The highest BCUT2D eigenvalue weighted by Crippen LogP contribution is 2.39. The number of benzene rings is 2. The smallest absolute Gasteiger partial charge is 0.252 e. The van der Waals surface area contributed by atoms with E-state index in [2.05, 4.69) is 4.99 Å². The number of amides is 1. The van der Waals surface area contributed by atoms with Crippen molar-refractivity contribution in [3.8, 4) is 5.75 Å². The van der Waals surface area contributed by atoms with Gasteiger partial charge in [-0.2, -0.15) is 4.99 Å². The molecule has 0 saturated carbocycles. The Hall–Kier alpha value is -2.03. The summed E-state index contributed by atoms with van der Waals surface area (Å²) in [6.45, 7) is 0.407. The molecular formula is C21H21ClN2O4S2. The Labute approximate surface area is 185 Å². The molecule has 2 aromatic carbocycles. The first-order chi connectivity index (χ1) is 14.4. The normalized spacial score (nSPS) is 23.5. The number of hydrogen-bond acceptors (Lipinski definition) is 5. The highest BCUT2D eigenvalue weighted by molar-refractivity contribution is 8.15. The van der Waals surface area contributed by atoms with E-state index in [1.165, 1.54) is 11.8 Å². The fraction of sp³-hybridized carbons (Fsp3) is 0.333. The van der Waals surface area contributed by atoms with Crippen LogP contribution in [0.3, 0.4) is 0 Å². The van der Waals surface area contributed by atoms with E-state index in [9.17, 15) is 13.2 Å². The van der Waals surface area contributed by atoms with Crippen LogP contribution in [0.15, 0.2) is 53.5 Å². The number of fused-ring (bicyclic) bond motifs is 1. The molecule has 6 nitrogen and oxygen atoms in total. The van der Waals surface area contributed by atoms with Gasteiger partial charge in [-0.1, -0.05) is 59.8 Å². The fourth-order valence-corrected chi connectivity index (χ4v) is 7.95. The molecular weight excluding hydrogens is 444 g/mol. The number of thioether (sulfide) groups is 1. The van der Waals surface area contributed by atoms with Crippen LogP contribution in [0.5, 0.6) is 5.75 Å². The summed E-state index contributed by atoms with van der Waals surface area (Å²) in [6, 6.07) is 14.6. The predicted molar refractivity (Wildman–Crippen MR) is 120 cm³/mol. The van der Waals surface area contributed by atoms with Crippen molar-refractivity contribution in [3.05, 3.63) is 64.7 Å². The van der Waals surface area contributed by atoms with Crippen molar-refractivity contribution in [3.63, 3.8) is 0 Å². The number of sulfone groups is 1. The number of aliphatic imine (C=N–C) groups is 1. The van der Waals surface area contributed by atoms with Gasteiger partial charge in [0, 0.05) is 22.4 Å². The maximum atomic E-state index is 12.7. The van der Waals surface area contributed by atoms with E-state index in [4.69, 9.17) is 16.3 Å². The summed E-state index contributed by atoms with van der Waals surface area (Å²) in [4.78, 5) is 19.0. The molecule has 2 saturated heterocycles. The number of halogens is 1. The molecule has 30 heavy (non-hydrogen) atoms. The van der Waals surface area contributed by atoms with E-state index in [-0.39, 0.29) is 35.1 Å². The number of carbonyl (C=O) groups excluding carboxylic acids is 1. The van der Waals surface area contributed by atoms with Gasteiger partial charge in [0.1, 0.15) is 5.75 Å². The zero-order valence-corrected chi connectivity index (χ0v) is 18.7. The first-order valence-electron chi connectivity index (χ1n) is 9.47. The van der Waals surface area contributed by atoms with Gasteiger partial charge >= 0.3 is 0 Å². The zero-order chi connectivity index (χ0) is 21.3. The summed E-state index contributed by atoms with van der Waals surface area (Å²) in [5, 5.41) is 1.03. The minimum absolute atomic E-state index is 0.0643. The van der Waals surface area contributed by atoms with Crippen molar-refractivity contribution < 1.29 is 17.9 Å². The highest BCUT2D eigenvalue weighted by Gasteiger charge is 2.48. The summed E-state index contributed by atoms with van der Waals surface area (Å²) < 4.78 is 29.6. The minimum Gasteiger partial charge on any atom is -0.496 e. The SMILES string of the molecule is COc1ccccc1CC(=O)N=C1S[C@@H]2CS(=O)(=O)C[C@@H]2N1Cc1ccccc1Cl. The molecule has 2 atom stereocenters. The lowest BCUT2D eigenvalue weighted by Gasteiger charge is -2.25. The summed E-state index contributed by atoms with van der Waals surface area (Å²) >= 11 is 7.69. The number of nitrogens with zero attached hydrogens (tertiary/aromatic N) is 2. The maximum Gasteiger partial charge on any atom is 0.252 e. The lowest BCUT2D eigenvalue weighted by Crippen LogP contribution is -2.37. The summed E-state index contributed by atoms with van der Waals surface area (Å²) in [7, 11) is -1.54. The minimum atomic E-state index is -3.10. The van der Waals surface area contributed by atoms with Gasteiger partial charge in [0.2, 0.25) is 0 Å². The summed E-state index contributed by atoms with van der Waals surface area (Å²) in [5.41, 5.74) is 1.63. The Kier molecular flexibility index (Phi) is 6.09. The Balaban J connectivity index is 1.60. The van der Waals surface area contributed by atoms with Crippen LogP contribution in [-0.2, 0) is 27.6 Å². The molecule has 1 amide bonds. The van der Waals surface area contributed by atoms with Gasteiger partial charge in [0.05, 0.1) is 31.1 Å². The average molecular weight is 465 g/mol. The number of methoxy groups -OCH3 is 1. The van der Waals surface area contributed by atoms with Gasteiger partial charge in [-0.05, 0) is 17.7 Å². The molecule has 2 aromatic rings. The van der Waals surface area contributed by atoms with E-state index >= 15 is 0 Å². The largest absolute Gasteiger partial charge is 0.496 e. The maximum absolute atomic E-state index is 12.7.